The summed E-state index contributed by atoms with van der Waals surface area (Å²) in [6.07, 6.45) is -2.78. The molecule has 0 bridgehead atoms. The van der Waals surface area contributed by atoms with E-state index in [1.807, 2.05) is 11.9 Å². The Kier molecular flexibility index (Phi) is 5.05. The molecule has 3 rings (SSSR count). The highest BCUT2D eigenvalue weighted by atomic mass is 19.4. The lowest BCUT2D eigenvalue weighted by Crippen LogP contribution is -2.36. The van der Waals surface area contributed by atoms with Crippen LogP contribution in [0.15, 0.2) is 35.3 Å². The summed E-state index contributed by atoms with van der Waals surface area (Å²) in [5.41, 5.74) is -2.21. The van der Waals surface area contributed by atoms with E-state index in [2.05, 4.69) is 5.10 Å². The van der Waals surface area contributed by atoms with Crippen LogP contribution in [-0.2, 0) is 18.1 Å². The van der Waals surface area contributed by atoms with Gasteiger partial charge in [0.2, 0.25) is 0 Å². The second-order valence-corrected chi connectivity index (χ2v) is 7.29. The van der Waals surface area contributed by atoms with Gasteiger partial charge in [-0.25, -0.2) is 0 Å². The summed E-state index contributed by atoms with van der Waals surface area (Å²) in [5.74, 6) is -1.21. The maximum Gasteiger partial charge on any atom is 0.416 e. The van der Waals surface area contributed by atoms with Crippen molar-refractivity contribution in [2.45, 2.75) is 31.5 Å². The Morgan fingerprint density at radius 3 is 2.64 bits per heavy atom. The average Bonchev–Trinajstić information content (AvgIpc) is 2.99. The monoisotopic (exact) mass is 395 g/mol. The number of ketones is 1. The van der Waals surface area contributed by atoms with E-state index in [-0.39, 0.29) is 6.54 Å². The maximum absolute atomic E-state index is 13.2. The number of aromatic nitrogens is 2. The van der Waals surface area contributed by atoms with Crippen molar-refractivity contribution in [1.29, 1.82) is 0 Å². The van der Waals surface area contributed by atoms with Gasteiger partial charge in [0.15, 0.2) is 17.2 Å². The number of likely N-dealkylation sites (tertiary alicyclic amines) is 1. The number of aromatic hydroxyl groups is 1. The summed E-state index contributed by atoms with van der Waals surface area (Å²) >= 11 is 0. The molecule has 1 aliphatic rings. The molecule has 150 valence electrons. The molecular formula is C19H20F3N3O3. The van der Waals surface area contributed by atoms with Gasteiger partial charge in [-0.2, -0.15) is 18.3 Å². The fourth-order valence-corrected chi connectivity index (χ4v) is 3.71. The van der Waals surface area contributed by atoms with Crippen molar-refractivity contribution < 1.29 is 23.1 Å². The first-order valence-electron chi connectivity index (χ1n) is 8.70. The fraction of sp³-hybridized carbons (Fsp3) is 0.421. The highest BCUT2D eigenvalue weighted by molar-refractivity contribution is 5.92. The molecule has 1 aromatic carbocycles. The smallest absolute Gasteiger partial charge is 0.416 e. The van der Waals surface area contributed by atoms with Crippen molar-refractivity contribution in [2.75, 3.05) is 20.1 Å². The molecule has 28 heavy (non-hydrogen) atoms. The molecule has 0 spiro atoms. The number of rotatable bonds is 4. The molecule has 9 heteroatoms. The predicted octanol–water partition coefficient (Wildman–Crippen LogP) is 2.44. The normalized spacial score (nSPS) is 20.5. The van der Waals surface area contributed by atoms with E-state index in [4.69, 9.17) is 0 Å². The molecule has 1 aliphatic heterocycles. The second kappa shape index (κ2) is 7.05. The Hall–Kier alpha value is -2.68. The minimum absolute atomic E-state index is 0.118. The van der Waals surface area contributed by atoms with Crippen LogP contribution in [0.2, 0.25) is 0 Å². The molecule has 1 atom stereocenters. The lowest BCUT2D eigenvalue weighted by molar-refractivity contribution is -0.137. The minimum Gasteiger partial charge on any atom is -0.503 e. The summed E-state index contributed by atoms with van der Waals surface area (Å²) < 4.78 is 40.8. The number of benzene rings is 1. The first kappa shape index (κ1) is 20.1. The van der Waals surface area contributed by atoms with Crippen LogP contribution < -0.4 is 5.43 Å². The van der Waals surface area contributed by atoms with Crippen LogP contribution >= 0.6 is 0 Å². The molecule has 0 radical (unpaired) electrons. The molecule has 1 unspecified atom stereocenters. The van der Waals surface area contributed by atoms with Crippen LogP contribution in [-0.4, -0.2) is 45.7 Å². The molecule has 1 N–H and O–H groups in total. The molecule has 0 aliphatic carbocycles. The SMILES string of the molecule is CC(=O)c1nn(CC2(c3cccc(C(F)(F)F)c3)CCN(C)C2)cc(O)c1=O. The van der Waals surface area contributed by atoms with Crippen LogP contribution in [0.3, 0.4) is 0 Å². The summed E-state index contributed by atoms with van der Waals surface area (Å²) in [6, 6.07) is 5.17. The van der Waals surface area contributed by atoms with E-state index >= 15 is 0 Å². The highest BCUT2D eigenvalue weighted by Gasteiger charge is 2.41. The zero-order valence-electron chi connectivity index (χ0n) is 15.5. The van der Waals surface area contributed by atoms with Crippen molar-refractivity contribution >= 4 is 5.78 Å². The van der Waals surface area contributed by atoms with Gasteiger partial charge in [-0.15, -0.1) is 0 Å². The number of carbonyl (C=O) groups excluding carboxylic acids is 1. The van der Waals surface area contributed by atoms with E-state index in [1.165, 1.54) is 17.7 Å². The van der Waals surface area contributed by atoms with Gasteiger partial charge in [0.1, 0.15) is 0 Å². The lowest BCUT2D eigenvalue weighted by Gasteiger charge is -2.31. The fourth-order valence-electron chi connectivity index (χ4n) is 3.71. The van der Waals surface area contributed by atoms with Crippen LogP contribution in [0, 0.1) is 0 Å². The van der Waals surface area contributed by atoms with E-state index < -0.39 is 39.8 Å². The van der Waals surface area contributed by atoms with Crippen LogP contribution in [0.5, 0.6) is 5.75 Å². The molecule has 0 saturated carbocycles. The van der Waals surface area contributed by atoms with E-state index in [0.29, 0.717) is 25.1 Å². The number of carbonyl (C=O) groups is 1. The van der Waals surface area contributed by atoms with Gasteiger partial charge < -0.3 is 10.0 Å². The lowest BCUT2D eigenvalue weighted by atomic mass is 9.79. The third kappa shape index (κ3) is 3.80. The summed E-state index contributed by atoms with van der Waals surface area (Å²) in [4.78, 5) is 25.5. The molecule has 6 nitrogen and oxygen atoms in total. The van der Waals surface area contributed by atoms with E-state index in [1.54, 1.807) is 6.07 Å². The van der Waals surface area contributed by atoms with Gasteiger partial charge in [0.25, 0.3) is 5.43 Å². The van der Waals surface area contributed by atoms with Crippen LogP contribution in [0.25, 0.3) is 0 Å². The largest absolute Gasteiger partial charge is 0.503 e. The van der Waals surface area contributed by atoms with E-state index in [9.17, 15) is 27.9 Å². The zero-order valence-corrected chi connectivity index (χ0v) is 15.5. The third-order valence-corrected chi connectivity index (χ3v) is 5.09. The van der Waals surface area contributed by atoms with Gasteiger partial charge in [-0.3, -0.25) is 14.3 Å². The van der Waals surface area contributed by atoms with E-state index in [0.717, 1.165) is 18.3 Å². The molecule has 2 aromatic rings. The van der Waals surface area contributed by atoms with Gasteiger partial charge in [-0.1, -0.05) is 18.2 Å². The molecule has 1 saturated heterocycles. The molecule has 2 heterocycles. The van der Waals surface area contributed by atoms with Crippen molar-refractivity contribution in [3.63, 3.8) is 0 Å². The first-order chi connectivity index (χ1) is 13.0. The number of hydrogen-bond donors (Lipinski definition) is 1. The third-order valence-electron chi connectivity index (χ3n) is 5.09. The number of nitrogens with zero attached hydrogens (tertiary/aromatic N) is 3. The number of halogens is 3. The zero-order chi connectivity index (χ0) is 20.7. The Morgan fingerprint density at radius 1 is 1.36 bits per heavy atom. The van der Waals surface area contributed by atoms with Crippen molar-refractivity contribution in [3.05, 3.63) is 57.5 Å². The van der Waals surface area contributed by atoms with Crippen LogP contribution in [0.1, 0.15) is 35.0 Å². The molecular weight excluding hydrogens is 375 g/mol. The summed E-state index contributed by atoms with van der Waals surface area (Å²) in [7, 11) is 1.87. The minimum atomic E-state index is -4.46. The maximum atomic E-state index is 13.2. The Bertz CT molecular complexity index is 971. The Labute approximate surface area is 159 Å². The first-order valence-corrected chi connectivity index (χ1v) is 8.70. The number of hydrogen-bond acceptors (Lipinski definition) is 5. The number of likely N-dealkylation sites (N-methyl/N-ethyl adjacent to an activating group) is 1. The van der Waals surface area contributed by atoms with Crippen molar-refractivity contribution in [2.24, 2.45) is 0 Å². The predicted molar refractivity (Wildman–Crippen MR) is 95.4 cm³/mol. The topological polar surface area (TPSA) is 75.4 Å². The highest BCUT2D eigenvalue weighted by Crippen LogP contribution is 2.38. The standard InChI is InChI=1S/C19H20F3N3O3/c1-12(26)16-17(28)15(27)9-25(23-16)11-18(6-7-24(2)10-18)13-4-3-5-14(8-13)19(20,21)22/h3-5,8-9,27H,6-7,10-11H2,1-2H3. The molecule has 1 aromatic heterocycles. The number of alkyl halides is 3. The van der Waals surface area contributed by atoms with Gasteiger partial charge in [-0.05, 0) is 31.6 Å². The van der Waals surface area contributed by atoms with Gasteiger partial charge in [0, 0.05) is 18.9 Å². The van der Waals surface area contributed by atoms with Gasteiger partial charge in [0.05, 0.1) is 18.3 Å². The number of Topliss-reactive ketones (excluding diaryl/α,β-unsaturated/α-hetero) is 1. The molecule has 1 fully saturated rings. The Morgan fingerprint density at radius 2 is 2.07 bits per heavy atom. The van der Waals surface area contributed by atoms with Gasteiger partial charge >= 0.3 is 6.18 Å². The summed E-state index contributed by atoms with van der Waals surface area (Å²) in [6.45, 7) is 2.42. The average molecular weight is 395 g/mol. The quantitative estimate of drug-likeness (QED) is 0.805. The van der Waals surface area contributed by atoms with Crippen molar-refractivity contribution in [1.82, 2.24) is 14.7 Å². The summed E-state index contributed by atoms with van der Waals surface area (Å²) in [5, 5.41) is 13.9. The van der Waals surface area contributed by atoms with Crippen molar-refractivity contribution in [3.8, 4) is 5.75 Å². The Balaban J connectivity index is 2.08. The second-order valence-electron chi connectivity index (χ2n) is 7.29. The molecule has 0 amide bonds. The van der Waals surface area contributed by atoms with Crippen LogP contribution in [0.4, 0.5) is 13.2 Å².